The Morgan fingerprint density at radius 3 is 2.35 bits per heavy atom. The minimum atomic E-state index is -0.619. The van der Waals surface area contributed by atoms with Crippen LogP contribution in [0.2, 0.25) is 5.02 Å². The second kappa shape index (κ2) is 9.10. The highest BCUT2D eigenvalue weighted by Gasteiger charge is 2.22. The highest BCUT2D eigenvalue weighted by atomic mass is 35.5. The minimum Gasteiger partial charge on any atom is -0.493 e. The molecule has 0 aliphatic carbocycles. The fraction of sp³-hybridized carbons (Fsp3) is 0.263. The first kappa shape index (κ1) is 19.6. The number of methoxy groups -OCH3 is 3. The molecule has 7 heteroatoms. The highest BCUT2D eigenvalue weighted by Crippen LogP contribution is 2.31. The van der Waals surface area contributed by atoms with E-state index in [0.29, 0.717) is 27.6 Å². The SMILES string of the molecule is COC(=O)CC(NC(=O)c1ccccc1Cl)c1ccc(OC)c(OC)c1. The Labute approximate surface area is 157 Å². The third-order valence-corrected chi connectivity index (χ3v) is 4.16. The van der Waals surface area contributed by atoms with E-state index >= 15 is 0 Å². The van der Waals surface area contributed by atoms with Gasteiger partial charge in [-0.05, 0) is 29.8 Å². The number of rotatable bonds is 7. The van der Waals surface area contributed by atoms with Gasteiger partial charge in [0.1, 0.15) is 0 Å². The van der Waals surface area contributed by atoms with Crippen LogP contribution in [0.25, 0.3) is 0 Å². The lowest BCUT2D eigenvalue weighted by atomic mass is 10.0. The second-order valence-electron chi connectivity index (χ2n) is 5.40. The number of carbonyl (C=O) groups is 2. The van der Waals surface area contributed by atoms with Crippen LogP contribution >= 0.6 is 11.6 Å². The van der Waals surface area contributed by atoms with Crippen LogP contribution < -0.4 is 14.8 Å². The molecule has 2 aromatic rings. The van der Waals surface area contributed by atoms with Gasteiger partial charge in [0.15, 0.2) is 11.5 Å². The van der Waals surface area contributed by atoms with E-state index in [2.05, 4.69) is 5.32 Å². The van der Waals surface area contributed by atoms with Crippen molar-refractivity contribution in [1.29, 1.82) is 0 Å². The number of benzene rings is 2. The number of esters is 1. The zero-order chi connectivity index (χ0) is 19.1. The first-order valence-electron chi connectivity index (χ1n) is 7.84. The van der Waals surface area contributed by atoms with Gasteiger partial charge in [-0.25, -0.2) is 0 Å². The van der Waals surface area contributed by atoms with Crippen LogP contribution in [0.4, 0.5) is 0 Å². The van der Waals surface area contributed by atoms with Gasteiger partial charge in [-0.3, -0.25) is 9.59 Å². The van der Waals surface area contributed by atoms with Gasteiger partial charge < -0.3 is 19.5 Å². The van der Waals surface area contributed by atoms with Gasteiger partial charge >= 0.3 is 5.97 Å². The third kappa shape index (κ3) is 4.67. The molecule has 1 N–H and O–H groups in total. The van der Waals surface area contributed by atoms with Gasteiger partial charge in [0, 0.05) is 0 Å². The molecule has 0 saturated carbocycles. The molecule has 0 aliphatic rings. The Hall–Kier alpha value is -2.73. The summed E-state index contributed by atoms with van der Waals surface area (Å²) in [6.45, 7) is 0. The second-order valence-corrected chi connectivity index (χ2v) is 5.81. The molecule has 0 saturated heterocycles. The third-order valence-electron chi connectivity index (χ3n) is 3.83. The van der Waals surface area contributed by atoms with E-state index in [4.69, 9.17) is 25.8 Å². The van der Waals surface area contributed by atoms with Crippen molar-refractivity contribution in [3.8, 4) is 11.5 Å². The van der Waals surface area contributed by atoms with Gasteiger partial charge in [-0.15, -0.1) is 0 Å². The molecular formula is C19H20ClNO5. The molecule has 1 unspecified atom stereocenters. The topological polar surface area (TPSA) is 73.9 Å². The van der Waals surface area contributed by atoms with Gasteiger partial charge in [-0.2, -0.15) is 0 Å². The van der Waals surface area contributed by atoms with Crippen LogP contribution in [-0.4, -0.2) is 33.2 Å². The van der Waals surface area contributed by atoms with E-state index in [-0.39, 0.29) is 12.3 Å². The summed E-state index contributed by atoms with van der Waals surface area (Å²) in [7, 11) is 4.34. The summed E-state index contributed by atoms with van der Waals surface area (Å²) in [5, 5.41) is 3.15. The fourth-order valence-corrected chi connectivity index (χ4v) is 2.67. The maximum atomic E-state index is 12.6. The largest absolute Gasteiger partial charge is 0.493 e. The standard InChI is InChI=1S/C19H20ClNO5/c1-24-16-9-8-12(10-17(16)25-2)15(11-18(22)26-3)21-19(23)13-6-4-5-7-14(13)20/h4-10,15H,11H2,1-3H3,(H,21,23). The Bertz CT molecular complexity index is 793. The zero-order valence-corrected chi connectivity index (χ0v) is 15.5. The fourth-order valence-electron chi connectivity index (χ4n) is 2.45. The number of amides is 1. The Morgan fingerprint density at radius 2 is 1.73 bits per heavy atom. The Morgan fingerprint density at radius 1 is 1.04 bits per heavy atom. The molecule has 0 aliphatic heterocycles. The van der Waals surface area contributed by atoms with Crippen LogP contribution in [0.1, 0.15) is 28.4 Å². The van der Waals surface area contributed by atoms with Gasteiger partial charge in [0.05, 0.1) is 44.4 Å². The summed E-state index contributed by atoms with van der Waals surface area (Å²) in [6.07, 6.45) is -0.0395. The number of nitrogens with one attached hydrogen (secondary N) is 1. The van der Waals surface area contributed by atoms with E-state index in [1.165, 1.54) is 21.3 Å². The van der Waals surface area contributed by atoms with Crippen LogP contribution in [0.5, 0.6) is 11.5 Å². The summed E-state index contributed by atoms with van der Waals surface area (Å²) in [5.74, 6) is 0.195. The van der Waals surface area contributed by atoms with Crippen LogP contribution in [-0.2, 0) is 9.53 Å². The maximum absolute atomic E-state index is 12.6. The molecule has 1 atom stereocenters. The molecule has 1 amide bonds. The van der Waals surface area contributed by atoms with Crippen molar-refractivity contribution in [3.05, 3.63) is 58.6 Å². The van der Waals surface area contributed by atoms with Gasteiger partial charge in [0.25, 0.3) is 5.91 Å². The van der Waals surface area contributed by atoms with Crippen LogP contribution in [0.3, 0.4) is 0 Å². The first-order valence-corrected chi connectivity index (χ1v) is 8.22. The lowest BCUT2D eigenvalue weighted by Gasteiger charge is -2.20. The molecule has 0 bridgehead atoms. The highest BCUT2D eigenvalue weighted by molar-refractivity contribution is 6.33. The molecule has 138 valence electrons. The molecule has 0 fully saturated rings. The molecule has 0 spiro atoms. The molecule has 0 aromatic heterocycles. The van der Waals surface area contributed by atoms with E-state index in [1.54, 1.807) is 42.5 Å². The van der Waals surface area contributed by atoms with Crippen molar-refractivity contribution in [3.63, 3.8) is 0 Å². The summed E-state index contributed by atoms with van der Waals surface area (Å²) in [4.78, 5) is 24.4. The molecular weight excluding hydrogens is 358 g/mol. The van der Waals surface area contributed by atoms with Crippen molar-refractivity contribution in [2.75, 3.05) is 21.3 Å². The average Bonchev–Trinajstić information content (AvgIpc) is 2.66. The van der Waals surface area contributed by atoms with E-state index in [0.717, 1.165) is 0 Å². The normalized spacial score (nSPS) is 11.4. The lowest BCUT2D eigenvalue weighted by Crippen LogP contribution is -2.30. The zero-order valence-electron chi connectivity index (χ0n) is 14.7. The Kier molecular flexibility index (Phi) is 6.86. The van der Waals surface area contributed by atoms with Crippen molar-refractivity contribution in [1.82, 2.24) is 5.32 Å². The summed E-state index contributed by atoms with van der Waals surface area (Å²) in [5.41, 5.74) is 0.998. The molecule has 26 heavy (non-hydrogen) atoms. The van der Waals surface area contributed by atoms with E-state index < -0.39 is 12.0 Å². The molecule has 0 heterocycles. The summed E-state index contributed by atoms with van der Waals surface area (Å²) >= 11 is 6.08. The van der Waals surface area contributed by atoms with Crippen molar-refractivity contribution >= 4 is 23.5 Å². The van der Waals surface area contributed by atoms with Crippen molar-refractivity contribution < 1.29 is 23.8 Å². The first-order chi connectivity index (χ1) is 12.5. The Balaban J connectivity index is 2.33. The van der Waals surface area contributed by atoms with Crippen LogP contribution in [0, 0.1) is 0 Å². The van der Waals surface area contributed by atoms with Gasteiger partial charge in [-0.1, -0.05) is 29.8 Å². The number of ether oxygens (including phenoxy) is 3. The number of carbonyl (C=O) groups excluding carboxylic acids is 2. The molecule has 2 rings (SSSR count). The average molecular weight is 378 g/mol. The predicted octanol–water partition coefficient (Wildman–Crippen LogP) is 3.39. The van der Waals surface area contributed by atoms with E-state index in [1.807, 2.05) is 0 Å². The molecule has 0 radical (unpaired) electrons. The smallest absolute Gasteiger partial charge is 0.307 e. The maximum Gasteiger partial charge on any atom is 0.307 e. The van der Waals surface area contributed by atoms with E-state index in [9.17, 15) is 9.59 Å². The van der Waals surface area contributed by atoms with Crippen molar-refractivity contribution in [2.24, 2.45) is 0 Å². The number of hydrogen-bond acceptors (Lipinski definition) is 5. The molecule has 2 aromatic carbocycles. The lowest BCUT2D eigenvalue weighted by molar-refractivity contribution is -0.141. The number of hydrogen-bond donors (Lipinski definition) is 1. The summed E-state index contributed by atoms with van der Waals surface area (Å²) < 4.78 is 15.3. The predicted molar refractivity (Wildman–Crippen MR) is 97.8 cm³/mol. The quantitative estimate of drug-likeness (QED) is 0.748. The molecule has 6 nitrogen and oxygen atoms in total. The number of halogens is 1. The minimum absolute atomic E-state index is 0.0395. The monoisotopic (exact) mass is 377 g/mol. The summed E-state index contributed by atoms with van der Waals surface area (Å²) in [6, 6.07) is 11.2. The van der Waals surface area contributed by atoms with Crippen LogP contribution in [0.15, 0.2) is 42.5 Å². The van der Waals surface area contributed by atoms with Gasteiger partial charge in [0.2, 0.25) is 0 Å². The van der Waals surface area contributed by atoms with Crippen molar-refractivity contribution in [2.45, 2.75) is 12.5 Å².